The second-order valence-corrected chi connectivity index (χ2v) is 5.82. The Morgan fingerprint density at radius 2 is 2.00 bits per heavy atom. The van der Waals surface area contributed by atoms with Crippen molar-refractivity contribution >= 4 is 5.78 Å². The largest absolute Gasteiger partial charge is 0.479 e. The molecule has 114 valence electrons. The van der Waals surface area contributed by atoms with Crippen molar-refractivity contribution in [2.75, 3.05) is 0 Å². The highest BCUT2D eigenvalue weighted by atomic mass is 16.5. The number of pyridine rings is 1. The van der Waals surface area contributed by atoms with E-state index in [1.54, 1.807) is 50.5 Å². The van der Waals surface area contributed by atoms with Gasteiger partial charge in [-0.3, -0.25) is 9.78 Å². The van der Waals surface area contributed by atoms with Crippen LogP contribution in [0.4, 0.5) is 0 Å². The lowest BCUT2D eigenvalue weighted by Crippen LogP contribution is -2.31. The molecular weight excluding hydrogens is 294 g/mol. The maximum atomic E-state index is 12.3. The third kappa shape index (κ3) is 2.19. The van der Waals surface area contributed by atoms with Crippen molar-refractivity contribution in [2.45, 2.75) is 19.4 Å². The summed E-state index contributed by atoms with van der Waals surface area (Å²) in [6.45, 7) is 3.50. The van der Waals surface area contributed by atoms with Crippen molar-refractivity contribution in [3.63, 3.8) is 0 Å². The maximum Gasteiger partial charge on any atom is 0.258 e. The lowest BCUT2D eigenvalue weighted by molar-refractivity contribution is 0.0684. The second-order valence-electron chi connectivity index (χ2n) is 5.82. The van der Waals surface area contributed by atoms with Crippen molar-refractivity contribution in [1.29, 1.82) is 0 Å². The zero-order valence-corrected chi connectivity index (χ0v) is 12.6. The Morgan fingerprint density at radius 1 is 1.13 bits per heavy atom. The molecule has 0 N–H and O–H groups in total. The molecule has 1 aliphatic rings. The van der Waals surface area contributed by atoms with Gasteiger partial charge in [0.05, 0.1) is 5.56 Å². The van der Waals surface area contributed by atoms with Crippen LogP contribution in [0.2, 0.25) is 0 Å². The molecule has 0 saturated carbocycles. The van der Waals surface area contributed by atoms with Crippen LogP contribution in [0.25, 0.3) is 22.8 Å². The Bertz CT molecular complexity index is 900. The summed E-state index contributed by atoms with van der Waals surface area (Å²) >= 11 is 0. The van der Waals surface area contributed by atoms with E-state index >= 15 is 0 Å². The lowest BCUT2D eigenvalue weighted by Gasteiger charge is -2.14. The van der Waals surface area contributed by atoms with Gasteiger partial charge in [0.1, 0.15) is 5.75 Å². The van der Waals surface area contributed by atoms with Gasteiger partial charge in [-0.2, -0.15) is 4.98 Å². The molecule has 6 heteroatoms. The summed E-state index contributed by atoms with van der Waals surface area (Å²) in [6, 6.07) is 8.94. The van der Waals surface area contributed by atoms with Crippen LogP contribution in [0, 0.1) is 0 Å². The van der Waals surface area contributed by atoms with Gasteiger partial charge in [0.15, 0.2) is 5.60 Å². The van der Waals surface area contributed by atoms with Crippen LogP contribution in [0.15, 0.2) is 47.2 Å². The Labute approximate surface area is 132 Å². The first-order chi connectivity index (χ1) is 11.0. The highest BCUT2D eigenvalue weighted by molar-refractivity contribution is 6.07. The molecule has 3 aromatic rings. The number of benzene rings is 1. The number of carbonyl (C=O) groups is 1. The summed E-state index contributed by atoms with van der Waals surface area (Å²) in [6.07, 6.45) is 3.34. The Morgan fingerprint density at radius 3 is 2.78 bits per heavy atom. The number of hydrogen-bond donors (Lipinski definition) is 0. The molecule has 0 radical (unpaired) electrons. The third-order valence-corrected chi connectivity index (χ3v) is 3.73. The molecule has 23 heavy (non-hydrogen) atoms. The summed E-state index contributed by atoms with van der Waals surface area (Å²) in [5.41, 5.74) is 1.15. The fourth-order valence-electron chi connectivity index (χ4n) is 2.53. The van der Waals surface area contributed by atoms with Crippen molar-refractivity contribution in [3.8, 4) is 28.6 Å². The van der Waals surface area contributed by atoms with E-state index in [2.05, 4.69) is 15.1 Å². The number of nitrogens with zero attached hydrogens (tertiary/aromatic N) is 3. The molecule has 0 bridgehead atoms. The predicted molar refractivity (Wildman–Crippen MR) is 82.0 cm³/mol. The molecular formula is C17H13N3O3. The van der Waals surface area contributed by atoms with E-state index in [0.29, 0.717) is 28.6 Å². The third-order valence-electron chi connectivity index (χ3n) is 3.73. The van der Waals surface area contributed by atoms with Gasteiger partial charge < -0.3 is 9.26 Å². The topological polar surface area (TPSA) is 78.1 Å². The van der Waals surface area contributed by atoms with E-state index in [-0.39, 0.29) is 5.78 Å². The SMILES string of the molecule is CC1(C)Oc2ccc(-c3nc(-c4cccnc4)no3)cc2C1=O. The number of hydrogen-bond acceptors (Lipinski definition) is 6. The van der Waals surface area contributed by atoms with Gasteiger partial charge in [0, 0.05) is 23.5 Å². The zero-order valence-electron chi connectivity index (χ0n) is 12.6. The monoisotopic (exact) mass is 307 g/mol. The Kier molecular flexibility index (Phi) is 2.81. The van der Waals surface area contributed by atoms with Crippen LogP contribution in [-0.4, -0.2) is 26.5 Å². The first-order valence-corrected chi connectivity index (χ1v) is 7.17. The molecule has 0 spiro atoms. The molecule has 0 unspecified atom stereocenters. The minimum atomic E-state index is -0.837. The van der Waals surface area contributed by atoms with Gasteiger partial charge in [-0.05, 0) is 44.2 Å². The average Bonchev–Trinajstić information content (AvgIpc) is 3.12. The van der Waals surface area contributed by atoms with E-state index in [9.17, 15) is 4.79 Å². The van der Waals surface area contributed by atoms with E-state index in [1.165, 1.54) is 0 Å². The quantitative estimate of drug-likeness (QED) is 0.723. The summed E-state index contributed by atoms with van der Waals surface area (Å²) in [7, 11) is 0. The summed E-state index contributed by atoms with van der Waals surface area (Å²) < 4.78 is 11.0. The molecule has 1 aromatic carbocycles. The van der Waals surface area contributed by atoms with E-state index in [4.69, 9.17) is 9.26 Å². The first kappa shape index (κ1) is 13.6. The van der Waals surface area contributed by atoms with Gasteiger partial charge in [0.2, 0.25) is 11.6 Å². The standard InChI is InChI=1S/C17H13N3O3/c1-17(2)14(21)12-8-10(5-6-13(12)22-17)16-19-15(20-23-16)11-4-3-7-18-9-11/h3-9H,1-2H3. The number of fused-ring (bicyclic) bond motifs is 1. The lowest BCUT2D eigenvalue weighted by atomic mass is 9.98. The molecule has 0 aliphatic carbocycles. The summed E-state index contributed by atoms with van der Waals surface area (Å²) in [5.74, 6) is 1.33. The minimum Gasteiger partial charge on any atom is -0.479 e. The van der Waals surface area contributed by atoms with Gasteiger partial charge >= 0.3 is 0 Å². The Hall–Kier alpha value is -3.02. The van der Waals surface area contributed by atoms with Crippen LogP contribution in [0.1, 0.15) is 24.2 Å². The van der Waals surface area contributed by atoms with Gasteiger partial charge in [-0.15, -0.1) is 0 Å². The fraction of sp³-hybridized carbons (Fsp3) is 0.176. The van der Waals surface area contributed by atoms with Crippen molar-refractivity contribution < 1.29 is 14.1 Å². The first-order valence-electron chi connectivity index (χ1n) is 7.17. The summed E-state index contributed by atoms with van der Waals surface area (Å²) in [5, 5.41) is 3.96. The molecule has 3 heterocycles. The molecule has 0 fully saturated rings. The molecule has 2 aromatic heterocycles. The van der Waals surface area contributed by atoms with E-state index in [1.807, 2.05) is 6.07 Å². The van der Waals surface area contributed by atoms with E-state index < -0.39 is 5.60 Å². The van der Waals surface area contributed by atoms with Crippen molar-refractivity contribution in [3.05, 3.63) is 48.3 Å². The van der Waals surface area contributed by atoms with Gasteiger partial charge in [0.25, 0.3) is 5.89 Å². The number of rotatable bonds is 2. The smallest absolute Gasteiger partial charge is 0.258 e. The molecule has 0 atom stereocenters. The molecule has 1 aliphatic heterocycles. The van der Waals surface area contributed by atoms with E-state index in [0.717, 1.165) is 5.56 Å². The molecule has 4 rings (SSSR count). The highest BCUT2D eigenvalue weighted by Crippen LogP contribution is 2.37. The maximum absolute atomic E-state index is 12.3. The number of aromatic nitrogens is 3. The second kappa shape index (κ2) is 4.74. The Balaban J connectivity index is 1.72. The zero-order chi connectivity index (χ0) is 16.0. The van der Waals surface area contributed by atoms with Crippen LogP contribution >= 0.6 is 0 Å². The molecule has 0 saturated heterocycles. The highest BCUT2D eigenvalue weighted by Gasteiger charge is 2.39. The number of ketones is 1. The number of Topliss-reactive ketones (excluding diaryl/α,β-unsaturated/α-hetero) is 1. The van der Waals surface area contributed by atoms with Gasteiger partial charge in [-0.1, -0.05) is 5.16 Å². The summed E-state index contributed by atoms with van der Waals surface area (Å²) in [4.78, 5) is 20.7. The van der Waals surface area contributed by atoms with Crippen LogP contribution in [-0.2, 0) is 0 Å². The van der Waals surface area contributed by atoms with Crippen LogP contribution in [0.3, 0.4) is 0 Å². The van der Waals surface area contributed by atoms with Crippen molar-refractivity contribution in [2.24, 2.45) is 0 Å². The fourth-order valence-corrected chi connectivity index (χ4v) is 2.53. The van der Waals surface area contributed by atoms with Crippen LogP contribution in [0.5, 0.6) is 5.75 Å². The molecule has 6 nitrogen and oxygen atoms in total. The predicted octanol–water partition coefficient (Wildman–Crippen LogP) is 3.15. The normalized spacial score (nSPS) is 15.3. The van der Waals surface area contributed by atoms with Crippen LogP contribution < -0.4 is 4.74 Å². The average molecular weight is 307 g/mol. The minimum absolute atomic E-state index is 0.0543. The van der Waals surface area contributed by atoms with Crippen molar-refractivity contribution in [1.82, 2.24) is 15.1 Å². The molecule has 0 amide bonds. The number of carbonyl (C=O) groups excluding carboxylic acids is 1. The van der Waals surface area contributed by atoms with Gasteiger partial charge in [-0.25, -0.2) is 0 Å². The number of ether oxygens (including phenoxy) is 1.